The summed E-state index contributed by atoms with van der Waals surface area (Å²) in [6.07, 6.45) is 0. The summed E-state index contributed by atoms with van der Waals surface area (Å²) in [4.78, 5) is 13.5. The summed E-state index contributed by atoms with van der Waals surface area (Å²) < 4.78 is 6.38. The molecular formula is C15H16BrNO2. The van der Waals surface area contributed by atoms with Crippen molar-refractivity contribution in [2.24, 2.45) is 0 Å². The first-order valence-corrected chi connectivity index (χ1v) is 6.83. The minimum Gasteiger partial charge on any atom is -0.464 e. The van der Waals surface area contributed by atoms with Crippen LogP contribution in [-0.4, -0.2) is 12.8 Å². The molecule has 1 aromatic heterocycles. The molecule has 0 unspecified atom stereocenters. The highest BCUT2D eigenvalue weighted by Crippen LogP contribution is 2.25. The summed E-state index contributed by atoms with van der Waals surface area (Å²) in [5, 5.41) is 0. The maximum absolute atomic E-state index is 11.4. The lowest BCUT2D eigenvalue weighted by molar-refractivity contribution is 0.101. The average molecular weight is 322 g/mol. The van der Waals surface area contributed by atoms with Crippen LogP contribution >= 0.6 is 15.9 Å². The molecule has 19 heavy (non-hydrogen) atoms. The van der Waals surface area contributed by atoms with Crippen LogP contribution in [0.5, 0.6) is 0 Å². The molecule has 0 radical (unpaired) electrons. The van der Waals surface area contributed by atoms with Crippen LogP contribution < -0.4 is 4.90 Å². The van der Waals surface area contributed by atoms with E-state index in [0.717, 1.165) is 21.7 Å². The van der Waals surface area contributed by atoms with Crippen LogP contribution in [0.3, 0.4) is 0 Å². The van der Waals surface area contributed by atoms with Crippen molar-refractivity contribution in [2.75, 3.05) is 11.9 Å². The van der Waals surface area contributed by atoms with Gasteiger partial charge in [-0.1, -0.05) is 0 Å². The lowest BCUT2D eigenvalue weighted by atomic mass is 10.1. The van der Waals surface area contributed by atoms with Gasteiger partial charge in [0.1, 0.15) is 11.5 Å². The van der Waals surface area contributed by atoms with Crippen LogP contribution in [0.2, 0.25) is 0 Å². The molecule has 0 fully saturated rings. The van der Waals surface area contributed by atoms with Gasteiger partial charge in [0, 0.05) is 22.8 Å². The Kier molecular flexibility index (Phi) is 4.10. The highest BCUT2D eigenvalue weighted by atomic mass is 79.9. The molecule has 0 saturated carbocycles. The van der Waals surface area contributed by atoms with Gasteiger partial charge in [0.25, 0.3) is 0 Å². The van der Waals surface area contributed by atoms with Crippen LogP contribution in [0.25, 0.3) is 0 Å². The number of carbonyl (C=O) groups is 1. The van der Waals surface area contributed by atoms with Crippen LogP contribution in [0.15, 0.2) is 39.2 Å². The number of ketones is 1. The zero-order valence-corrected chi connectivity index (χ0v) is 12.8. The van der Waals surface area contributed by atoms with Crippen molar-refractivity contribution in [2.45, 2.75) is 20.4 Å². The third-order valence-corrected chi connectivity index (χ3v) is 3.62. The largest absolute Gasteiger partial charge is 0.464 e. The summed E-state index contributed by atoms with van der Waals surface area (Å²) in [6.45, 7) is 4.19. The Balaban J connectivity index is 2.17. The fourth-order valence-corrected chi connectivity index (χ4v) is 2.57. The zero-order valence-electron chi connectivity index (χ0n) is 11.2. The molecule has 0 aliphatic heterocycles. The number of aryl methyl sites for hydroxylation is 1. The second kappa shape index (κ2) is 5.61. The van der Waals surface area contributed by atoms with Crippen molar-refractivity contribution in [1.29, 1.82) is 0 Å². The normalized spacial score (nSPS) is 10.5. The van der Waals surface area contributed by atoms with Gasteiger partial charge in [0.2, 0.25) is 0 Å². The number of hydrogen-bond acceptors (Lipinski definition) is 3. The number of carbonyl (C=O) groups excluding carboxylic acids is 1. The number of rotatable bonds is 4. The molecule has 4 heteroatoms. The van der Waals surface area contributed by atoms with Crippen molar-refractivity contribution < 1.29 is 9.21 Å². The molecule has 2 aromatic rings. The van der Waals surface area contributed by atoms with E-state index in [0.29, 0.717) is 12.1 Å². The molecule has 100 valence electrons. The van der Waals surface area contributed by atoms with E-state index in [-0.39, 0.29) is 5.78 Å². The smallest absolute Gasteiger partial charge is 0.160 e. The van der Waals surface area contributed by atoms with E-state index in [1.54, 1.807) is 6.92 Å². The summed E-state index contributed by atoms with van der Waals surface area (Å²) in [5.74, 6) is 1.89. The summed E-state index contributed by atoms with van der Waals surface area (Å²) in [5.41, 5.74) is 1.73. The third-order valence-electron chi connectivity index (χ3n) is 2.96. The summed E-state index contributed by atoms with van der Waals surface area (Å²) in [6, 6.07) is 9.66. The summed E-state index contributed by atoms with van der Waals surface area (Å²) >= 11 is 3.43. The van der Waals surface area contributed by atoms with Gasteiger partial charge >= 0.3 is 0 Å². The molecule has 0 bridgehead atoms. The first-order chi connectivity index (χ1) is 8.97. The summed E-state index contributed by atoms with van der Waals surface area (Å²) in [7, 11) is 1.99. The molecule has 2 rings (SSSR count). The molecule has 0 atom stereocenters. The van der Waals surface area contributed by atoms with E-state index in [1.807, 2.05) is 44.3 Å². The highest BCUT2D eigenvalue weighted by Gasteiger charge is 2.09. The van der Waals surface area contributed by atoms with Crippen molar-refractivity contribution in [1.82, 2.24) is 0 Å². The highest BCUT2D eigenvalue weighted by molar-refractivity contribution is 9.10. The van der Waals surface area contributed by atoms with Crippen molar-refractivity contribution in [3.8, 4) is 0 Å². The SMILES string of the molecule is CC(=O)c1ccc(N(C)Cc2ccc(C)o2)cc1Br. The standard InChI is InChI=1S/C15H16BrNO2/c1-10-4-6-13(19-10)9-17(3)12-5-7-14(11(2)18)15(16)8-12/h4-8H,9H2,1-3H3. The van der Waals surface area contributed by atoms with Crippen molar-refractivity contribution in [3.63, 3.8) is 0 Å². The van der Waals surface area contributed by atoms with Crippen LogP contribution in [-0.2, 0) is 6.54 Å². The third kappa shape index (κ3) is 3.26. The molecular weight excluding hydrogens is 306 g/mol. The van der Waals surface area contributed by atoms with E-state index in [1.165, 1.54) is 0 Å². The zero-order chi connectivity index (χ0) is 14.0. The molecule has 1 heterocycles. The van der Waals surface area contributed by atoms with Crippen molar-refractivity contribution >= 4 is 27.4 Å². The molecule has 0 aliphatic carbocycles. The van der Waals surface area contributed by atoms with Crippen molar-refractivity contribution in [3.05, 3.63) is 51.9 Å². The van der Waals surface area contributed by atoms with E-state index >= 15 is 0 Å². The second-order valence-corrected chi connectivity index (χ2v) is 5.44. The molecule has 0 saturated heterocycles. The Morgan fingerprint density at radius 2 is 2.05 bits per heavy atom. The minimum atomic E-state index is 0.0581. The molecule has 0 amide bonds. The van der Waals surface area contributed by atoms with Gasteiger partial charge in [-0.25, -0.2) is 0 Å². The number of hydrogen-bond donors (Lipinski definition) is 0. The number of nitrogens with zero attached hydrogens (tertiary/aromatic N) is 1. The van der Waals surface area contributed by atoms with E-state index in [4.69, 9.17) is 4.42 Å². The lowest BCUT2D eigenvalue weighted by Gasteiger charge is -2.18. The van der Waals surface area contributed by atoms with Gasteiger partial charge in [-0.05, 0) is 60.1 Å². The van der Waals surface area contributed by atoms with Gasteiger partial charge in [-0.2, -0.15) is 0 Å². The monoisotopic (exact) mass is 321 g/mol. The quantitative estimate of drug-likeness (QED) is 0.792. The number of anilines is 1. The average Bonchev–Trinajstić information content (AvgIpc) is 2.74. The number of halogens is 1. The molecule has 0 spiro atoms. The molecule has 0 N–H and O–H groups in total. The van der Waals surface area contributed by atoms with Crippen LogP contribution in [0.4, 0.5) is 5.69 Å². The van der Waals surface area contributed by atoms with E-state index in [2.05, 4.69) is 20.8 Å². The van der Waals surface area contributed by atoms with Gasteiger partial charge in [0.05, 0.1) is 6.54 Å². The Bertz CT molecular complexity index is 604. The topological polar surface area (TPSA) is 33.5 Å². The van der Waals surface area contributed by atoms with Crippen LogP contribution in [0, 0.1) is 6.92 Å². The Hall–Kier alpha value is -1.55. The first-order valence-electron chi connectivity index (χ1n) is 6.04. The number of furan rings is 1. The second-order valence-electron chi connectivity index (χ2n) is 4.59. The maximum atomic E-state index is 11.4. The van der Waals surface area contributed by atoms with Crippen LogP contribution in [0.1, 0.15) is 28.8 Å². The maximum Gasteiger partial charge on any atom is 0.160 e. The Morgan fingerprint density at radius 3 is 2.58 bits per heavy atom. The fraction of sp³-hybridized carbons (Fsp3) is 0.267. The van der Waals surface area contributed by atoms with Gasteiger partial charge in [-0.3, -0.25) is 4.79 Å². The first kappa shape index (κ1) is 13.9. The minimum absolute atomic E-state index is 0.0581. The number of Topliss-reactive ketones (excluding diaryl/α,β-unsaturated/α-hetero) is 1. The Morgan fingerprint density at radius 1 is 1.32 bits per heavy atom. The Labute approximate surface area is 121 Å². The van der Waals surface area contributed by atoms with Gasteiger partial charge in [0.15, 0.2) is 5.78 Å². The number of benzene rings is 1. The van der Waals surface area contributed by atoms with E-state index < -0.39 is 0 Å². The fourth-order valence-electron chi connectivity index (χ4n) is 1.92. The molecule has 3 nitrogen and oxygen atoms in total. The molecule has 1 aromatic carbocycles. The predicted molar refractivity (Wildman–Crippen MR) is 79.7 cm³/mol. The predicted octanol–water partition coefficient (Wildman–Crippen LogP) is 4.19. The van der Waals surface area contributed by atoms with Gasteiger partial charge in [-0.15, -0.1) is 0 Å². The van der Waals surface area contributed by atoms with E-state index in [9.17, 15) is 4.79 Å². The lowest BCUT2D eigenvalue weighted by Crippen LogP contribution is -2.16. The van der Waals surface area contributed by atoms with Gasteiger partial charge < -0.3 is 9.32 Å². The molecule has 0 aliphatic rings.